The van der Waals surface area contributed by atoms with Crippen molar-refractivity contribution in [2.45, 2.75) is 25.7 Å². The number of nitrogens with one attached hydrogen (secondary N) is 2. The van der Waals surface area contributed by atoms with Gasteiger partial charge in [-0.05, 0) is 48.7 Å². The van der Waals surface area contributed by atoms with Gasteiger partial charge >= 0.3 is 0 Å². The molecule has 2 N–H and O–H groups in total. The number of benzene rings is 2. The molecule has 0 unspecified atom stereocenters. The van der Waals surface area contributed by atoms with Crippen molar-refractivity contribution in [2.24, 2.45) is 5.10 Å². The van der Waals surface area contributed by atoms with Crippen LogP contribution in [0.1, 0.15) is 41.6 Å². The molecule has 2 aromatic rings. The fourth-order valence-corrected chi connectivity index (χ4v) is 2.65. The maximum Gasteiger partial charge on any atom is 0.251 e. The van der Waals surface area contributed by atoms with Crippen LogP contribution in [0.3, 0.4) is 0 Å². The van der Waals surface area contributed by atoms with Crippen molar-refractivity contribution < 1.29 is 19.1 Å². The normalized spacial score (nSPS) is 10.6. The third kappa shape index (κ3) is 7.65. The summed E-state index contributed by atoms with van der Waals surface area (Å²) in [5.74, 6) is 1.01. The van der Waals surface area contributed by atoms with E-state index in [1.165, 1.54) is 0 Å². The van der Waals surface area contributed by atoms with E-state index in [4.69, 9.17) is 9.47 Å². The van der Waals surface area contributed by atoms with Crippen LogP contribution in [0.25, 0.3) is 0 Å². The van der Waals surface area contributed by atoms with Crippen LogP contribution in [0.5, 0.6) is 11.5 Å². The molecule has 7 heteroatoms. The molecule has 2 amide bonds. The maximum absolute atomic E-state index is 11.9. The summed E-state index contributed by atoms with van der Waals surface area (Å²) in [6.45, 7) is 0.590. The molecule has 0 radical (unpaired) electrons. The summed E-state index contributed by atoms with van der Waals surface area (Å²) in [4.78, 5) is 23.7. The summed E-state index contributed by atoms with van der Waals surface area (Å²) >= 11 is 0. The molecule has 0 bridgehead atoms. The third-order valence-electron chi connectivity index (χ3n) is 4.21. The Hall–Kier alpha value is -3.35. The number of hydrogen-bond donors (Lipinski definition) is 2. The van der Waals surface area contributed by atoms with E-state index in [9.17, 15) is 9.59 Å². The number of ether oxygens (including phenoxy) is 2. The van der Waals surface area contributed by atoms with Crippen molar-refractivity contribution >= 4 is 18.0 Å². The van der Waals surface area contributed by atoms with E-state index in [1.807, 2.05) is 24.3 Å². The molecule has 0 saturated heterocycles. The maximum atomic E-state index is 11.9. The summed E-state index contributed by atoms with van der Waals surface area (Å²) < 4.78 is 10.4. The van der Waals surface area contributed by atoms with Crippen LogP contribution in [-0.4, -0.2) is 38.8 Å². The highest BCUT2D eigenvalue weighted by molar-refractivity contribution is 5.94. The van der Waals surface area contributed by atoms with Crippen molar-refractivity contribution in [3.8, 4) is 11.5 Å². The lowest BCUT2D eigenvalue weighted by atomic mass is 10.2. The molecular formula is C22H27N3O4. The highest BCUT2D eigenvalue weighted by Crippen LogP contribution is 2.26. The predicted molar refractivity (Wildman–Crippen MR) is 113 cm³/mol. The quantitative estimate of drug-likeness (QED) is 0.346. The van der Waals surface area contributed by atoms with Crippen LogP contribution in [-0.2, 0) is 4.79 Å². The lowest BCUT2D eigenvalue weighted by Gasteiger charge is -2.07. The Morgan fingerprint density at radius 3 is 2.45 bits per heavy atom. The van der Waals surface area contributed by atoms with E-state index in [2.05, 4.69) is 15.8 Å². The van der Waals surface area contributed by atoms with Gasteiger partial charge < -0.3 is 14.8 Å². The molecule has 0 aliphatic carbocycles. The van der Waals surface area contributed by atoms with Gasteiger partial charge in [0.25, 0.3) is 5.91 Å². The van der Waals surface area contributed by atoms with Crippen LogP contribution in [0.15, 0.2) is 53.6 Å². The molecule has 0 spiro atoms. The number of hydrazone groups is 1. The van der Waals surface area contributed by atoms with Crippen LogP contribution < -0.4 is 20.2 Å². The summed E-state index contributed by atoms with van der Waals surface area (Å²) in [6.07, 6.45) is 4.34. The Balaban J connectivity index is 1.60. The number of carbonyl (C=O) groups excluding carboxylic acids is 2. The molecule has 0 fully saturated rings. The van der Waals surface area contributed by atoms with E-state index in [0.717, 1.165) is 24.8 Å². The van der Waals surface area contributed by atoms with E-state index in [0.29, 0.717) is 30.0 Å². The second-order valence-electron chi connectivity index (χ2n) is 6.34. The molecule has 0 aliphatic heterocycles. The second kappa shape index (κ2) is 12.2. The zero-order valence-electron chi connectivity index (χ0n) is 16.8. The first-order valence-corrected chi connectivity index (χ1v) is 9.51. The number of unbranched alkanes of at least 4 members (excludes halogenated alkanes) is 2. The molecular weight excluding hydrogens is 370 g/mol. The number of nitrogens with zero attached hydrogens (tertiary/aromatic N) is 1. The topological polar surface area (TPSA) is 89.0 Å². The lowest BCUT2D eigenvalue weighted by molar-refractivity contribution is -0.121. The minimum atomic E-state index is -0.143. The smallest absolute Gasteiger partial charge is 0.251 e. The third-order valence-corrected chi connectivity index (χ3v) is 4.21. The summed E-state index contributed by atoms with van der Waals surface area (Å²) in [5, 5.41) is 6.84. The molecule has 0 aromatic heterocycles. The van der Waals surface area contributed by atoms with Gasteiger partial charge in [0.05, 0.1) is 20.4 Å². The summed E-state index contributed by atoms with van der Waals surface area (Å²) in [7, 11) is 3.14. The summed E-state index contributed by atoms with van der Waals surface area (Å²) in [6, 6.07) is 14.5. The molecule has 0 saturated carbocycles. The molecule has 2 aromatic carbocycles. The van der Waals surface area contributed by atoms with Gasteiger partial charge in [0, 0.05) is 18.5 Å². The molecule has 29 heavy (non-hydrogen) atoms. The number of amides is 2. The minimum absolute atomic E-state index is 0.0761. The Morgan fingerprint density at radius 1 is 0.966 bits per heavy atom. The van der Waals surface area contributed by atoms with Gasteiger partial charge in [-0.2, -0.15) is 5.10 Å². The van der Waals surface area contributed by atoms with Gasteiger partial charge in [0.15, 0.2) is 11.5 Å². The molecule has 7 nitrogen and oxygen atoms in total. The molecule has 0 aliphatic rings. The minimum Gasteiger partial charge on any atom is -0.493 e. The zero-order valence-corrected chi connectivity index (χ0v) is 16.8. The monoisotopic (exact) mass is 397 g/mol. The van der Waals surface area contributed by atoms with E-state index in [1.54, 1.807) is 44.7 Å². The van der Waals surface area contributed by atoms with E-state index >= 15 is 0 Å². The predicted octanol–water partition coefficient (Wildman–Crippen LogP) is 3.14. The summed E-state index contributed by atoms with van der Waals surface area (Å²) in [5.41, 5.74) is 3.96. The Kier molecular flexibility index (Phi) is 9.21. The average Bonchev–Trinajstić information content (AvgIpc) is 2.76. The van der Waals surface area contributed by atoms with Crippen molar-refractivity contribution in [2.75, 3.05) is 20.8 Å². The van der Waals surface area contributed by atoms with Crippen molar-refractivity contribution in [1.82, 2.24) is 10.7 Å². The number of carbonyl (C=O) groups is 2. The van der Waals surface area contributed by atoms with E-state index < -0.39 is 0 Å². The first kappa shape index (κ1) is 21.9. The Morgan fingerprint density at radius 2 is 1.72 bits per heavy atom. The number of methoxy groups -OCH3 is 2. The first-order chi connectivity index (χ1) is 14.1. The molecule has 0 heterocycles. The average molecular weight is 397 g/mol. The lowest BCUT2D eigenvalue weighted by Crippen LogP contribution is -2.24. The van der Waals surface area contributed by atoms with Gasteiger partial charge in [0.1, 0.15) is 0 Å². The Bertz CT molecular complexity index is 822. The number of rotatable bonds is 11. The molecule has 2 rings (SSSR count). The van der Waals surface area contributed by atoms with Crippen molar-refractivity contribution in [3.63, 3.8) is 0 Å². The van der Waals surface area contributed by atoms with Gasteiger partial charge in [-0.3, -0.25) is 9.59 Å². The van der Waals surface area contributed by atoms with Gasteiger partial charge in [0.2, 0.25) is 5.91 Å². The fourth-order valence-electron chi connectivity index (χ4n) is 2.65. The van der Waals surface area contributed by atoms with Crippen molar-refractivity contribution in [1.29, 1.82) is 0 Å². The van der Waals surface area contributed by atoms with E-state index in [-0.39, 0.29) is 11.8 Å². The molecule has 0 atom stereocenters. The van der Waals surface area contributed by atoms with Crippen LogP contribution in [0.4, 0.5) is 0 Å². The van der Waals surface area contributed by atoms with Gasteiger partial charge in [-0.25, -0.2) is 5.43 Å². The van der Waals surface area contributed by atoms with Gasteiger partial charge in [-0.15, -0.1) is 0 Å². The SMILES string of the molecule is COc1ccc(/C=N/NC(=O)CCCCCNC(=O)c2ccccc2)cc1OC. The fraction of sp³-hybridized carbons (Fsp3) is 0.318. The largest absolute Gasteiger partial charge is 0.493 e. The highest BCUT2D eigenvalue weighted by atomic mass is 16.5. The Labute approximate surface area is 171 Å². The number of hydrogen-bond acceptors (Lipinski definition) is 5. The molecule has 154 valence electrons. The van der Waals surface area contributed by atoms with Crippen molar-refractivity contribution in [3.05, 3.63) is 59.7 Å². The standard InChI is InChI=1S/C22H27N3O4/c1-28-19-13-12-17(15-20(19)29-2)16-24-25-21(26)11-7-4-8-14-23-22(27)18-9-5-3-6-10-18/h3,5-6,9-10,12-13,15-16H,4,7-8,11,14H2,1-2H3,(H,23,27)(H,25,26)/b24-16+. The highest BCUT2D eigenvalue weighted by Gasteiger charge is 2.05. The zero-order chi connectivity index (χ0) is 20.9. The van der Waals surface area contributed by atoms with Crippen LogP contribution in [0.2, 0.25) is 0 Å². The van der Waals surface area contributed by atoms with Crippen LogP contribution >= 0.6 is 0 Å². The second-order valence-corrected chi connectivity index (χ2v) is 6.34. The first-order valence-electron chi connectivity index (χ1n) is 9.51. The van der Waals surface area contributed by atoms with Crippen LogP contribution in [0, 0.1) is 0 Å². The van der Waals surface area contributed by atoms with Gasteiger partial charge in [-0.1, -0.05) is 24.6 Å².